The van der Waals surface area contributed by atoms with Gasteiger partial charge >= 0.3 is 0 Å². The summed E-state index contributed by atoms with van der Waals surface area (Å²) in [6, 6.07) is 0. The fourth-order valence-electron chi connectivity index (χ4n) is 1.71. The first-order valence-electron chi connectivity index (χ1n) is 6.10. The molecule has 1 aromatic rings. The van der Waals surface area contributed by atoms with Crippen molar-refractivity contribution < 1.29 is 9.47 Å². The topological polar surface area (TPSA) is 56.3 Å². The average Bonchev–Trinajstić information content (AvgIpc) is 2.98. The van der Waals surface area contributed by atoms with Crippen molar-refractivity contribution in [2.45, 2.75) is 26.4 Å². The van der Waals surface area contributed by atoms with E-state index in [-0.39, 0.29) is 0 Å². The molecule has 1 atom stereocenters. The van der Waals surface area contributed by atoms with Crippen molar-refractivity contribution in [3.8, 4) is 0 Å². The Morgan fingerprint density at radius 3 is 3.29 bits per heavy atom. The van der Waals surface area contributed by atoms with E-state index in [1.54, 1.807) is 0 Å². The van der Waals surface area contributed by atoms with Crippen LogP contribution in [0.25, 0.3) is 0 Å². The summed E-state index contributed by atoms with van der Waals surface area (Å²) in [4.78, 5) is 0. The molecule has 1 fully saturated rings. The molecule has 0 amide bonds. The Morgan fingerprint density at radius 2 is 2.53 bits per heavy atom. The van der Waals surface area contributed by atoms with Crippen LogP contribution in [0, 0.1) is 5.92 Å². The van der Waals surface area contributed by atoms with Gasteiger partial charge in [0.2, 0.25) is 0 Å². The van der Waals surface area contributed by atoms with E-state index in [0.29, 0.717) is 12.5 Å². The van der Waals surface area contributed by atoms with E-state index in [2.05, 4.69) is 21.8 Å². The van der Waals surface area contributed by atoms with Gasteiger partial charge in [0.05, 0.1) is 19.8 Å². The zero-order valence-electron chi connectivity index (χ0n) is 10.1. The van der Waals surface area contributed by atoms with Gasteiger partial charge in [-0.05, 0) is 12.8 Å². The molecule has 0 aromatic carbocycles. The predicted molar refractivity (Wildman–Crippen MR) is 67.3 cm³/mol. The SMILES string of the molecule is CCCNc1snnc1COCC1CCOC1. The molecule has 1 saturated heterocycles. The molecule has 5 nitrogen and oxygen atoms in total. The second kappa shape index (κ2) is 6.88. The third-order valence-electron chi connectivity index (χ3n) is 2.71. The Hall–Kier alpha value is -0.720. The van der Waals surface area contributed by atoms with Crippen LogP contribution in [0.4, 0.5) is 5.00 Å². The van der Waals surface area contributed by atoms with Crippen LogP contribution in [0.2, 0.25) is 0 Å². The lowest BCUT2D eigenvalue weighted by Crippen LogP contribution is -2.10. The lowest BCUT2D eigenvalue weighted by molar-refractivity contribution is 0.0775. The van der Waals surface area contributed by atoms with Gasteiger partial charge < -0.3 is 14.8 Å². The summed E-state index contributed by atoms with van der Waals surface area (Å²) < 4.78 is 14.9. The number of hydrogen-bond donors (Lipinski definition) is 1. The molecular formula is C11H19N3O2S. The van der Waals surface area contributed by atoms with Crippen LogP contribution in [0.5, 0.6) is 0 Å². The maximum absolute atomic E-state index is 5.67. The fourth-order valence-corrected chi connectivity index (χ4v) is 2.31. The van der Waals surface area contributed by atoms with Gasteiger partial charge in [0.15, 0.2) is 0 Å². The summed E-state index contributed by atoms with van der Waals surface area (Å²) in [5.41, 5.74) is 0.919. The minimum Gasteiger partial charge on any atom is -0.381 e. The van der Waals surface area contributed by atoms with E-state index in [0.717, 1.165) is 49.9 Å². The van der Waals surface area contributed by atoms with Crippen molar-refractivity contribution in [3.05, 3.63) is 5.69 Å². The highest BCUT2D eigenvalue weighted by molar-refractivity contribution is 7.10. The lowest BCUT2D eigenvalue weighted by atomic mass is 10.1. The second-order valence-corrected chi connectivity index (χ2v) is 4.97. The molecule has 0 spiro atoms. The Balaban J connectivity index is 1.72. The molecule has 0 bridgehead atoms. The fraction of sp³-hybridized carbons (Fsp3) is 0.818. The monoisotopic (exact) mass is 257 g/mol. The van der Waals surface area contributed by atoms with Gasteiger partial charge in [-0.2, -0.15) is 0 Å². The van der Waals surface area contributed by atoms with E-state index in [9.17, 15) is 0 Å². The van der Waals surface area contributed by atoms with Crippen molar-refractivity contribution in [2.75, 3.05) is 31.7 Å². The summed E-state index contributed by atoms with van der Waals surface area (Å²) in [6.45, 7) is 6.08. The number of rotatable bonds is 7. The zero-order valence-corrected chi connectivity index (χ0v) is 11.0. The maximum Gasteiger partial charge on any atom is 0.135 e. The van der Waals surface area contributed by atoms with E-state index in [4.69, 9.17) is 9.47 Å². The van der Waals surface area contributed by atoms with Crippen molar-refractivity contribution >= 4 is 16.5 Å². The molecule has 2 heterocycles. The summed E-state index contributed by atoms with van der Waals surface area (Å²) in [7, 11) is 0. The standard InChI is InChI=1S/C11H19N3O2S/c1-2-4-12-11-10(13-14-17-11)8-16-7-9-3-5-15-6-9/h9,12H,2-8H2,1H3. The van der Waals surface area contributed by atoms with Crippen LogP contribution in [-0.4, -0.2) is 36.0 Å². The highest BCUT2D eigenvalue weighted by atomic mass is 32.1. The van der Waals surface area contributed by atoms with E-state index < -0.39 is 0 Å². The number of nitrogens with one attached hydrogen (secondary N) is 1. The summed E-state index contributed by atoms with van der Waals surface area (Å²) in [5.74, 6) is 0.550. The summed E-state index contributed by atoms with van der Waals surface area (Å²) in [6.07, 6.45) is 2.20. The molecule has 0 saturated carbocycles. The second-order valence-electron chi connectivity index (χ2n) is 4.22. The van der Waals surface area contributed by atoms with Gasteiger partial charge in [-0.15, -0.1) is 5.10 Å². The molecule has 2 rings (SSSR count). The van der Waals surface area contributed by atoms with Crippen LogP contribution in [0.3, 0.4) is 0 Å². The number of ether oxygens (including phenoxy) is 2. The first kappa shape index (κ1) is 12.7. The normalized spacial score (nSPS) is 19.7. The number of aromatic nitrogens is 2. The summed E-state index contributed by atoms with van der Waals surface area (Å²) in [5, 5.41) is 8.43. The van der Waals surface area contributed by atoms with Gasteiger partial charge in [-0.3, -0.25) is 0 Å². The Labute approximate surface area is 106 Å². The van der Waals surface area contributed by atoms with Gasteiger partial charge in [0.1, 0.15) is 10.7 Å². The van der Waals surface area contributed by atoms with Crippen LogP contribution in [-0.2, 0) is 16.1 Å². The first-order chi connectivity index (χ1) is 8.40. The van der Waals surface area contributed by atoms with E-state index in [1.165, 1.54) is 11.5 Å². The Kier molecular flexibility index (Phi) is 5.15. The molecule has 0 radical (unpaired) electrons. The Morgan fingerprint density at radius 1 is 1.59 bits per heavy atom. The van der Waals surface area contributed by atoms with Gasteiger partial charge in [0.25, 0.3) is 0 Å². The third kappa shape index (κ3) is 3.90. The highest BCUT2D eigenvalue weighted by Gasteiger charge is 2.16. The van der Waals surface area contributed by atoms with Gasteiger partial charge in [0, 0.05) is 30.6 Å². The molecule has 1 aliphatic heterocycles. The highest BCUT2D eigenvalue weighted by Crippen LogP contribution is 2.19. The Bertz CT molecular complexity index is 326. The van der Waals surface area contributed by atoms with Crippen LogP contribution >= 0.6 is 11.5 Å². The first-order valence-corrected chi connectivity index (χ1v) is 6.88. The number of nitrogens with zero attached hydrogens (tertiary/aromatic N) is 2. The minimum atomic E-state index is 0.541. The quantitative estimate of drug-likeness (QED) is 0.808. The molecule has 96 valence electrons. The zero-order chi connectivity index (χ0) is 11.9. The molecule has 0 aliphatic carbocycles. The molecule has 1 N–H and O–H groups in total. The van der Waals surface area contributed by atoms with Crippen molar-refractivity contribution in [1.82, 2.24) is 9.59 Å². The van der Waals surface area contributed by atoms with Crippen LogP contribution in [0.1, 0.15) is 25.5 Å². The van der Waals surface area contributed by atoms with Crippen molar-refractivity contribution in [1.29, 1.82) is 0 Å². The van der Waals surface area contributed by atoms with Crippen LogP contribution in [0.15, 0.2) is 0 Å². The van der Waals surface area contributed by atoms with E-state index in [1.807, 2.05) is 0 Å². The van der Waals surface area contributed by atoms with Gasteiger partial charge in [-0.25, -0.2) is 0 Å². The molecule has 1 aliphatic rings. The predicted octanol–water partition coefficient (Wildman–Crippen LogP) is 1.91. The van der Waals surface area contributed by atoms with Crippen molar-refractivity contribution in [2.24, 2.45) is 5.92 Å². The molecular weight excluding hydrogens is 238 g/mol. The van der Waals surface area contributed by atoms with Crippen molar-refractivity contribution in [3.63, 3.8) is 0 Å². The molecule has 1 unspecified atom stereocenters. The maximum atomic E-state index is 5.67. The third-order valence-corrected chi connectivity index (χ3v) is 3.43. The van der Waals surface area contributed by atoms with Gasteiger partial charge in [-0.1, -0.05) is 11.4 Å². The molecule has 6 heteroatoms. The lowest BCUT2D eigenvalue weighted by Gasteiger charge is -2.08. The van der Waals surface area contributed by atoms with E-state index >= 15 is 0 Å². The summed E-state index contributed by atoms with van der Waals surface area (Å²) >= 11 is 1.40. The number of anilines is 1. The molecule has 1 aromatic heterocycles. The van der Waals surface area contributed by atoms with Crippen LogP contribution < -0.4 is 5.32 Å². The average molecular weight is 257 g/mol. The number of hydrogen-bond acceptors (Lipinski definition) is 6. The largest absolute Gasteiger partial charge is 0.381 e. The smallest absolute Gasteiger partial charge is 0.135 e. The molecule has 17 heavy (non-hydrogen) atoms. The minimum absolute atomic E-state index is 0.541.